The Morgan fingerprint density at radius 3 is 2.46 bits per heavy atom. The van der Waals surface area contributed by atoms with Gasteiger partial charge in [0.15, 0.2) is 17.3 Å². The van der Waals surface area contributed by atoms with E-state index in [2.05, 4.69) is 15.3 Å². The lowest BCUT2D eigenvalue weighted by molar-refractivity contribution is -0.137. The molecule has 0 radical (unpaired) electrons. The van der Waals surface area contributed by atoms with Gasteiger partial charge in [-0.3, -0.25) is 19.4 Å². The fourth-order valence-electron chi connectivity index (χ4n) is 2.71. The summed E-state index contributed by atoms with van der Waals surface area (Å²) in [7, 11) is 0. The van der Waals surface area contributed by atoms with Crippen LogP contribution in [0.4, 0.5) is 0 Å². The molecule has 1 atom stereocenters. The van der Waals surface area contributed by atoms with Crippen LogP contribution in [0, 0.1) is 6.92 Å². The molecule has 0 spiro atoms. The van der Waals surface area contributed by atoms with Crippen molar-refractivity contribution in [2.75, 3.05) is 0 Å². The monoisotopic (exact) mass is 378 g/mol. The number of carbonyl (C=O) groups excluding carboxylic acids is 3. The third-order valence-electron chi connectivity index (χ3n) is 3.99. The predicted molar refractivity (Wildman–Crippen MR) is 100 cm³/mol. The molecule has 3 rings (SSSR count). The Labute approximate surface area is 160 Å². The topological polar surface area (TPSA) is 128 Å². The second-order valence-corrected chi connectivity index (χ2v) is 6.07. The van der Waals surface area contributed by atoms with Crippen molar-refractivity contribution in [3.8, 4) is 11.5 Å². The number of hydrogen-bond donors (Lipinski definition) is 2. The van der Waals surface area contributed by atoms with Gasteiger partial charge in [-0.15, -0.1) is 0 Å². The largest absolute Gasteiger partial charge is 0.438 e. The minimum atomic E-state index is -1.12. The molecule has 8 heteroatoms. The molecule has 142 valence electrons. The van der Waals surface area contributed by atoms with Gasteiger partial charge in [-0.1, -0.05) is 36.4 Å². The second kappa shape index (κ2) is 8.26. The van der Waals surface area contributed by atoms with Crippen LogP contribution in [0.3, 0.4) is 0 Å². The fraction of sp³-hybridized carbons (Fsp3) is 0.150. The third kappa shape index (κ3) is 4.29. The number of hydrogen-bond acceptors (Lipinski definition) is 6. The SMILES string of the molecule is Cc1nc(C(=O)NC(Cc2ccccc2)C(=O)C(N)=O)c(-c2ccccn2)o1. The number of nitrogens with zero attached hydrogens (tertiary/aromatic N) is 2. The lowest BCUT2D eigenvalue weighted by atomic mass is 10.0. The van der Waals surface area contributed by atoms with Crippen molar-refractivity contribution in [1.82, 2.24) is 15.3 Å². The molecule has 1 unspecified atom stereocenters. The maximum Gasteiger partial charge on any atom is 0.287 e. The molecule has 0 aliphatic heterocycles. The van der Waals surface area contributed by atoms with Crippen molar-refractivity contribution in [3.63, 3.8) is 0 Å². The number of ketones is 1. The molecule has 0 bridgehead atoms. The molecule has 3 N–H and O–H groups in total. The Morgan fingerprint density at radius 2 is 1.82 bits per heavy atom. The van der Waals surface area contributed by atoms with Crippen LogP contribution in [0.25, 0.3) is 11.5 Å². The predicted octanol–water partition coefficient (Wildman–Crippen LogP) is 1.44. The van der Waals surface area contributed by atoms with Gasteiger partial charge in [0.05, 0.1) is 0 Å². The van der Waals surface area contributed by atoms with E-state index in [9.17, 15) is 14.4 Å². The molecule has 1 aromatic carbocycles. The lowest BCUT2D eigenvalue weighted by Crippen LogP contribution is -2.47. The average molecular weight is 378 g/mol. The summed E-state index contributed by atoms with van der Waals surface area (Å²) in [5.41, 5.74) is 6.32. The summed E-state index contributed by atoms with van der Waals surface area (Å²) in [4.78, 5) is 44.7. The normalized spacial score (nSPS) is 11.6. The van der Waals surface area contributed by atoms with Crippen molar-refractivity contribution in [3.05, 3.63) is 71.9 Å². The maximum atomic E-state index is 12.8. The van der Waals surface area contributed by atoms with Crippen LogP contribution in [-0.4, -0.2) is 33.6 Å². The van der Waals surface area contributed by atoms with Crippen LogP contribution in [0.2, 0.25) is 0 Å². The molecule has 2 amide bonds. The highest BCUT2D eigenvalue weighted by Gasteiger charge is 2.29. The smallest absolute Gasteiger partial charge is 0.287 e. The van der Waals surface area contributed by atoms with Gasteiger partial charge in [0.25, 0.3) is 11.8 Å². The van der Waals surface area contributed by atoms with Crippen molar-refractivity contribution in [1.29, 1.82) is 0 Å². The number of nitrogens with one attached hydrogen (secondary N) is 1. The Hall–Kier alpha value is -3.81. The number of pyridine rings is 1. The first-order valence-electron chi connectivity index (χ1n) is 8.53. The van der Waals surface area contributed by atoms with Gasteiger partial charge in [0, 0.05) is 19.5 Å². The molecule has 28 heavy (non-hydrogen) atoms. The molecule has 8 nitrogen and oxygen atoms in total. The summed E-state index contributed by atoms with van der Waals surface area (Å²) >= 11 is 0. The quantitative estimate of drug-likeness (QED) is 0.599. The van der Waals surface area contributed by atoms with Crippen LogP contribution in [0.15, 0.2) is 59.1 Å². The van der Waals surface area contributed by atoms with E-state index in [1.54, 1.807) is 55.6 Å². The number of aromatic nitrogens is 2. The molecule has 0 aliphatic carbocycles. The molecule has 0 fully saturated rings. The Balaban J connectivity index is 1.88. The second-order valence-electron chi connectivity index (χ2n) is 6.07. The number of primary amides is 1. The molecule has 2 aromatic heterocycles. The van der Waals surface area contributed by atoms with Crippen LogP contribution in [-0.2, 0) is 16.0 Å². The van der Waals surface area contributed by atoms with E-state index < -0.39 is 23.6 Å². The van der Waals surface area contributed by atoms with Crippen molar-refractivity contribution < 1.29 is 18.8 Å². The number of amides is 2. The molecular weight excluding hydrogens is 360 g/mol. The van der Waals surface area contributed by atoms with Gasteiger partial charge in [-0.2, -0.15) is 0 Å². The molecule has 0 saturated carbocycles. The highest BCUT2D eigenvalue weighted by atomic mass is 16.4. The van der Waals surface area contributed by atoms with E-state index in [1.807, 2.05) is 6.07 Å². The van der Waals surface area contributed by atoms with Crippen molar-refractivity contribution >= 4 is 17.6 Å². The van der Waals surface area contributed by atoms with Gasteiger partial charge >= 0.3 is 0 Å². The number of Topliss-reactive ketones (excluding diaryl/α,β-unsaturated/α-hetero) is 1. The first-order chi connectivity index (χ1) is 13.5. The Bertz CT molecular complexity index is 1000. The lowest BCUT2D eigenvalue weighted by Gasteiger charge is -2.16. The van der Waals surface area contributed by atoms with E-state index in [4.69, 9.17) is 10.2 Å². The van der Waals surface area contributed by atoms with Crippen LogP contribution in [0.1, 0.15) is 21.9 Å². The van der Waals surface area contributed by atoms with E-state index in [-0.39, 0.29) is 23.8 Å². The first kappa shape index (κ1) is 19.0. The zero-order chi connectivity index (χ0) is 20.1. The Morgan fingerprint density at radius 1 is 1.11 bits per heavy atom. The van der Waals surface area contributed by atoms with E-state index in [0.717, 1.165) is 5.56 Å². The zero-order valence-electron chi connectivity index (χ0n) is 15.1. The molecule has 0 aliphatic rings. The van der Waals surface area contributed by atoms with E-state index in [0.29, 0.717) is 5.69 Å². The summed E-state index contributed by atoms with van der Waals surface area (Å²) in [5.74, 6) is -2.22. The average Bonchev–Trinajstić information content (AvgIpc) is 3.10. The van der Waals surface area contributed by atoms with E-state index in [1.165, 1.54) is 0 Å². The van der Waals surface area contributed by atoms with E-state index >= 15 is 0 Å². The van der Waals surface area contributed by atoms with Gasteiger partial charge < -0.3 is 15.5 Å². The summed E-state index contributed by atoms with van der Waals surface area (Å²) in [6.45, 7) is 1.60. The standard InChI is InChI=1S/C20H18N4O4/c1-12-23-16(18(28-12)14-9-5-6-10-22-14)20(27)24-15(17(25)19(21)26)11-13-7-3-2-4-8-13/h2-10,15H,11H2,1H3,(H2,21,26)(H,24,27). The van der Waals surface area contributed by atoms with Crippen LogP contribution in [0.5, 0.6) is 0 Å². The van der Waals surface area contributed by atoms with Gasteiger partial charge in [-0.25, -0.2) is 4.98 Å². The minimum Gasteiger partial charge on any atom is -0.438 e. The number of rotatable bonds is 7. The maximum absolute atomic E-state index is 12.8. The summed E-state index contributed by atoms with van der Waals surface area (Å²) < 4.78 is 5.52. The van der Waals surface area contributed by atoms with Crippen molar-refractivity contribution in [2.24, 2.45) is 5.73 Å². The number of oxazole rings is 1. The summed E-state index contributed by atoms with van der Waals surface area (Å²) in [6, 6.07) is 13.0. The molecule has 3 aromatic rings. The number of aryl methyl sites for hydroxylation is 1. The van der Waals surface area contributed by atoms with Gasteiger partial charge in [-0.05, 0) is 17.7 Å². The van der Waals surface area contributed by atoms with Gasteiger partial charge in [0.2, 0.25) is 5.78 Å². The molecule has 2 heterocycles. The summed E-state index contributed by atoms with van der Waals surface area (Å²) in [6.07, 6.45) is 1.67. The highest BCUT2D eigenvalue weighted by molar-refractivity contribution is 6.38. The van der Waals surface area contributed by atoms with Crippen molar-refractivity contribution in [2.45, 2.75) is 19.4 Å². The number of benzene rings is 1. The zero-order valence-corrected chi connectivity index (χ0v) is 15.1. The Kier molecular flexibility index (Phi) is 5.59. The first-order valence-corrected chi connectivity index (χ1v) is 8.53. The number of nitrogens with two attached hydrogens (primary N) is 1. The minimum absolute atomic E-state index is 0.0217. The fourth-order valence-corrected chi connectivity index (χ4v) is 2.71. The van der Waals surface area contributed by atoms with Crippen LogP contribution < -0.4 is 11.1 Å². The molecule has 0 saturated heterocycles. The van der Waals surface area contributed by atoms with Crippen LogP contribution >= 0.6 is 0 Å². The highest BCUT2D eigenvalue weighted by Crippen LogP contribution is 2.23. The third-order valence-corrected chi connectivity index (χ3v) is 3.99. The molecular formula is C20H18N4O4. The van der Waals surface area contributed by atoms with Gasteiger partial charge in [0.1, 0.15) is 11.7 Å². The number of carbonyl (C=O) groups is 3. The summed E-state index contributed by atoms with van der Waals surface area (Å²) in [5, 5.41) is 2.55.